The lowest BCUT2D eigenvalue weighted by molar-refractivity contribution is -0.138. The van der Waals surface area contributed by atoms with Gasteiger partial charge in [0.1, 0.15) is 0 Å². The van der Waals surface area contributed by atoms with Crippen LogP contribution >= 0.6 is 0 Å². The van der Waals surface area contributed by atoms with Gasteiger partial charge in [-0.1, -0.05) is 0 Å². The van der Waals surface area contributed by atoms with Crippen LogP contribution in [0.15, 0.2) is 18.2 Å². The molecular formula is C16H20N2O3. The molecule has 1 amide bonds. The van der Waals surface area contributed by atoms with Crippen LogP contribution in [0, 0.1) is 5.92 Å². The van der Waals surface area contributed by atoms with Crippen LogP contribution in [0.1, 0.15) is 35.2 Å². The number of amides is 1. The fourth-order valence-electron chi connectivity index (χ4n) is 3.22. The molecule has 112 valence electrons. The molecule has 5 heteroatoms. The summed E-state index contributed by atoms with van der Waals surface area (Å²) in [6, 6.07) is 5.82. The van der Waals surface area contributed by atoms with E-state index < -0.39 is 5.97 Å². The zero-order chi connectivity index (χ0) is 14.8. The molecular weight excluding hydrogens is 268 g/mol. The van der Waals surface area contributed by atoms with Gasteiger partial charge in [-0.3, -0.25) is 9.59 Å². The number of nitrogens with one attached hydrogen (secondary N) is 1. The van der Waals surface area contributed by atoms with Crippen molar-refractivity contribution in [3.63, 3.8) is 0 Å². The van der Waals surface area contributed by atoms with Crippen LogP contribution in [-0.2, 0) is 11.2 Å². The fourth-order valence-corrected chi connectivity index (χ4v) is 3.22. The van der Waals surface area contributed by atoms with E-state index in [0.29, 0.717) is 18.7 Å². The van der Waals surface area contributed by atoms with Gasteiger partial charge in [0.2, 0.25) is 0 Å². The van der Waals surface area contributed by atoms with Gasteiger partial charge in [-0.25, -0.2) is 0 Å². The molecule has 21 heavy (non-hydrogen) atoms. The predicted molar refractivity (Wildman–Crippen MR) is 79.5 cm³/mol. The molecule has 0 saturated carbocycles. The van der Waals surface area contributed by atoms with E-state index in [4.69, 9.17) is 5.11 Å². The molecule has 0 spiro atoms. The summed E-state index contributed by atoms with van der Waals surface area (Å²) >= 11 is 0. The molecule has 1 aromatic rings. The Bertz CT molecular complexity index is 571. The van der Waals surface area contributed by atoms with E-state index in [9.17, 15) is 9.59 Å². The number of anilines is 1. The Kier molecular flexibility index (Phi) is 3.82. The third-order valence-electron chi connectivity index (χ3n) is 4.33. The number of benzene rings is 1. The average molecular weight is 288 g/mol. The molecule has 3 rings (SSSR count). The molecule has 0 bridgehead atoms. The summed E-state index contributed by atoms with van der Waals surface area (Å²) in [5.74, 6) is -0.670. The van der Waals surface area contributed by atoms with Gasteiger partial charge in [-0.15, -0.1) is 0 Å². The molecule has 1 saturated heterocycles. The van der Waals surface area contributed by atoms with Crippen molar-refractivity contribution in [1.29, 1.82) is 0 Å². The Morgan fingerprint density at radius 2 is 2.24 bits per heavy atom. The van der Waals surface area contributed by atoms with Gasteiger partial charge in [0.25, 0.3) is 5.91 Å². The molecule has 2 N–H and O–H groups in total. The first kappa shape index (κ1) is 13.9. The highest BCUT2D eigenvalue weighted by Crippen LogP contribution is 2.26. The Hall–Kier alpha value is -2.04. The highest BCUT2D eigenvalue weighted by molar-refractivity contribution is 5.95. The molecule has 1 fully saturated rings. The zero-order valence-electron chi connectivity index (χ0n) is 12.0. The third kappa shape index (κ3) is 3.01. The van der Waals surface area contributed by atoms with Gasteiger partial charge >= 0.3 is 5.97 Å². The van der Waals surface area contributed by atoms with E-state index in [2.05, 4.69) is 5.32 Å². The fraction of sp³-hybridized carbons (Fsp3) is 0.500. The van der Waals surface area contributed by atoms with Crippen LogP contribution in [-0.4, -0.2) is 41.5 Å². The van der Waals surface area contributed by atoms with E-state index in [1.165, 1.54) is 5.56 Å². The summed E-state index contributed by atoms with van der Waals surface area (Å²) in [5.41, 5.74) is 3.05. The minimum atomic E-state index is -0.783. The maximum Gasteiger partial charge on any atom is 0.303 e. The maximum atomic E-state index is 12.5. The molecule has 1 atom stereocenters. The standard InChI is InChI=1S/C16H20N2O3/c19-15(20)8-11-5-7-18(10-11)16(21)13-3-4-14-12(9-13)2-1-6-17-14/h3-4,9,11,17H,1-2,5-8,10H2,(H,19,20). The van der Waals surface area contributed by atoms with Gasteiger partial charge in [0.15, 0.2) is 0 Å². The predicted octanol–water partition coefficient (Wildman–Crippen LogP) is 1.98. The van der Waals surface area contributed by atoms with E-state index in [-0.39, 0.29) is 18.2 Å². The van der Waals surface area contributed by atoms with Crippen molar-refractivity contribution in [3.8, 4) is 0 Å². The van der Waals surface area contributed by atoms with Crippen LogP contribution in [0.5, 0.6) is 0 Å². The summed E-state index contributed by atoms with van der Waals surface area (Å²) in [5, 5.41) is 12.2. The number of nitrogens with zero attached hydrogens (tertiary/aromatic N) is 1. The first-order chi connectivity index (χ1) is 10.1. The molecule has 0 aromatic heterocycles. The number of carboxylic acids is 1. The number of carbonyl (C=O) groups excluding carboxylic acids is 1. The van der Waals surface area contributed by atoms with Gasteiger partial charge in [0.05, 0.1) is 0 Å². The van der Waals surface area contributed by atoms with Crippen molar-refractivity contribution in [1.82, 2.24) is 4.90 Å². The molecule has 1 aromatic carbocycles. The smallest absolute Gasteiger partial charge is 0.303 e. The second kappa shape index (κ2) is 5.76. The molecule has 0 aliphatic carbocycles. The zero-order valence-corrected chi connectivity index (χ0v) is 12.0. The second-order valence-electron chi connectivity index (χ2n) is 5.91. The van der Waals surface area contributed by atoms with Crippen LogP contribution in [0.2, 0.25) is 0 Å². The first-order valence-corrected chi connectivity index (χ1v) is 7.51. The Labute approximate surface area is 123 Å². The summed E-state index contributed by atoms with van der Waals surface area (Å²) < 4.78 is 0. The number of carboxylic acid groups (broad SMARTS) is 1. The highest BCUT2D eigenvalue weighted by atomic mass is 16.4. The average Bonchev–Trinajstić information content (AvgIpc) is 2.93. The minimum absolute atomic E-state index is 0.0243. The first-order valence-electron chi connectivity index (χ1n) is 7.51. The molecule has 1 unspecified atom stereocenters. The normalized spacial score (nSPS) is 20.8. The van der Waals surface area contributed by atoms with Gasteiger partial charge in [0, 0.05) is 37.3 Å². The summed E-state index contributed by atoms with van der Waals surface area (Å²) in [6.07, 6.45) is 3.03. The monoisotopic (exact) mass is 288 g/mol. The topological polar surface area (TPSA) is 69.6 Å². The number of hydrogen-bond donors (Lipinski definition) is 2. The highest BCUT2D eigenvalue weighted by Gasteiger charge is 2.28. The molecule has 0 radical (unpaired) electrons. The number of aryl methyl sites for hydroxylation is 1. The number of carbonyl (C=O) groups is 2. The van der Waals surface area contributed by atoms with Gasteiger partial charge in [-0.05, 0) is 48.9 Å². The molecule has 2 aliphatic rings. The molecule has 2 aliphatic heterocycles. The van der Waals surface area contributed by atoms with E-state index in [1.807, 2.05) is 18.2 Å². The van der Waals surface area contributed by atoms with Crippen LogP contribution < -0.4 is 5.32 Å². The van der Waals surface area contributed by atoms with Crippen molar-refractivity contribution in [2.24, 2.45) is 5.92 Å². The Morgan fingerprint density at radius 3 is 3.05 bits per heavy atom. The van der Waals surface area contributed by atoms with Crippen molar-refractivity contribution in [2.45, 2.75) is 25.7 Å². The van der Waals surface area contributed by atoms with Crippen LogP contribution in [0.4, 0.5) is 5.69 Å². The SMILES string of the molecule is O=C(O)CC1CCN(C(=O)c2ccc3c(c2)CCCN3)C1. The van der Waals surface area contributed by atoms with E-state index >= 15 is 0 Å². The number of rotatable bonds is 3. The summed E-state index contributed by atoms with van der Waals surface area (Å²) in [7, 11) is 0. The van der Waals surface area contributed by atoms with Gasteiger partial charge in [-0.2, -0.15) is 0 Å². The lowest BCUT2D eigenvalue weighted by Crippen LogP contribution is -2.29. The number of aliphatic carboxylic acids is 1. The lowest BCUT2D eigenvalue weighted by atomic mass is 10.0. The number of fused-ring (bicyclic) bond motifs is 1. The van der Waals surface area contributed by atoms with Crippen LogP contribution in [0.3, 0.4) is 0 Å². The minimum Gasteiger partial charge on any atom is -0.481 e. The maximum absolute atomic E-state index is 12.5. The molecule has 5 nitrogen and oxygen atoms in total. The lowest BCUT2D eigenvalue weighted by Gasteiger charge is -2.21. The van der Waals surface area contributed by atoms with Crippen molar-refractivity contribution in [3.05, 3.63) is 29.3 Å². The third-order valence-corrected chi connectivity index (χ3v) is 4.33. The van der Waals surface area contributed by atoms with Crippen molar-refractivity contribution in [2.75, 3.05) is 25.0 Å². The van der Waals surface area contributed by atoms with E-state index in [1.54, 1.807) is 4.90 Å². The second-order valence-corrected chi connectivity index (χ2v) is 5.91. The summed E-state index contributed by atoms with van der Waals surface area (Å²) in [4.78, 5) is 25.1. The number of hydrogen-bond acceptors (Lipinski definition) is 3. The van der Waals surface area contributed by atoms with Crippen molar-refractivity contribution >= 4 is 17.6 Å². The van der Waals surface area contributed by atoms with Gasteiger partial charge < -0.3 is 15.3 Å². The Morgan fingerprint density at radius 1 is 1.38 bits per heavy atom. The van der Waals surface area contributed by atoms with E-state index in [0.717, 1.165) is 31.5 Å². The largest absolute Gasteiger partial charge is 0.481 e. The van der Waals surface area contributed by atoms with Crippen LogP contribution in [0.25, 0.3) is 0 Å². The molecule has 2 heterocycles. The quantitative estimate of drug-likeness (QED) is 0.892. The Balaban J connectivity index is 1.70. The summed E-state index contributed by atoms with van der Waals surface area (Å²) in [6.45, 7) is 2.20. The number of likely N-dealkylation sites (tertiary alicyclic amines) is 1. The van der Waals surface area contributed by atoms with Crippen molar-refractivity contribution < 1.29 is 14.7 Å².